The van der Waals surface area contributed by atoms with Gasteiger partial charge in [-0.2, -0.15) is 0 Å². The average molecular weight is 372 g/mol. The molecule has 1 aromatic carbocycles. The zero-order valence-electron chi connectivity index (χ0n) is 10.9. The number of ether oxygens (including phenoxy) is 1. The minimum atomic E-state index is 0.721. The molecule has 1 N–H and O–H groups in total. The summed E-state index contributed by atoms with van der Waals surface area (Å²) in [6.45, 7) is 2.41. The monoisotopic (exact) mass is 372 g/mol. The van der Waals surface area contributed by atoms with Crippen molar-refractivity contribution >= 4 is 22.6 Å². The summed E-state index contributed by atoms with van der Waals surface area (Å²) in [5.74, 6) is 1.59. The summed E-state index contributed by atoms with van der Waals surface area (Å²) < 4.78 is 11.9. The van der Waals surface area contributed by atoms with E-state index in [1.165, 1.54) is 3.57 Å². The standard InChI is InChI=1S/C14H17IN2O2/c1-18-9-8-16-7-6-14-17-10-13(19-14)11-4-2-3-5-12(11)15/h2-5,10,16H,6-9H2,1H3. The Hall–Kier alpha value is -0.920. The van der Waals surface area contributed by atoms with Crippen molar-refractivity contribution in [3.63, 3.8) is 0 Å². The molecule has 0 spiro atoms. The smallest absolute Gasteiger partial charge is 0.196 e. The van der Waals surface area contributed by atoms with E-state index in [-0.39, 0.29) is 0 Å². The molecule has 0 unspecified atom stereocenters. The molecule has 4 nitrogen and oxygen atoms in total. The van der Waals surface area contributed by atoms with Crippen LogP contribution in [-0.2, 0) is 11.2 Å². The topological polar surface area (TPSA) is 47.3 Å². The summed E-state index contributed by atoms with van der Waals surface area (Å²) in [6, 6.07) is 8.13. The van der Waals surface area contributed by atoms with Gasteiger partial charge >= 0.3 is 0 Å². The molecular formula is C14H17IN2O2. The zero-order chi connectivity index (χ0) is 13.5. The second kappa shape index (κ2) is 7.62. The predicted octanol–water partition coefficient (Wildman–Crippen LogP) is 2.72. The number of rotatable bonds is 7. The Kier molecular flexibility index (Phi) is 5.81. The number of methoxy groups -OCH3 is 1. The zero-order valence-corrected chi connectivity index (χ0v) is 13.0. The first-order valence-electron chi connectivity index (χ1n) is 6.20. The van der Waals surface area contributed by atoms with Crippen LogP contribution < -0.4 is 5.32 Å². The van der Waals surface area contributed by atoms with Crippen LogP contribution in [0.1, 0.15) is 5.89 Å². The van der Waals surface area contributed by atoms with Gasteiger partial charge in [-0.05, 0) is 28.7 Å². The van der Waals surface area contributed by atoms with Crippen LogP contribution in [-0.4, -0.2) is 31.8 Å². The lowest BCUT2D eigenvalue weighted by Gasteiger charge is -2.01. The second-order valence-electron chi connectivity index (χ2n) is 4.09. The number of halogens is 1. The minimum absolute atomic E-state index is 0.721. The van der Waals surface area contributed by atoms with E-state index >= 15 is 0 Å². The molecule has 0 atom stereocenters. The van der Waals surface area contributed by atoms with E-state index in [9.17, 15) is 0 Å². The van der Waals surface area contributed by atoms with Crippen LogP contribution in [0, 0.1) is 3.57 Å². The molecule has 0 saturated carbocycles. The summed E-state index contributed by atoms with van der Waals surface area (Å²) >= 11 is 2.30. The van der Waals surface area contributed by atoms with Crippen LogP contribution in [0.25, 0.3) is 11.3 Å². The van der Waals surface area contributed by atoms with Crippen molar-refractivity contribution in [2.24, 2.45) is 0 Å². The molecule has 0 aliphatic carbocycles. The molecule has 0 bridgehead atoms. The molecule has 0 fully saturated rings. The van der Waals surface area contributed by atoms with E-state index < -0.39 is 0 Å². The highest BCUT2D eigenvalue weighted by Crippen LogP contribution is 2.25. The summed E-state index contributed by atoms with van der Waals surface area (Å²) in [5, 5.41) is 3.27. The number of benzene rings is 1. The van der Waals surface area contributed by atoms with Crippen molar-refractivity contribution in [2.75, 3.05) is 26.8 Å². The number of nitrogens with one attached hydrogen (secondary N) is 1. The molecule has 1 heterocycles. The van der Waals surface area contributed by atoms with E-state index in [1.54, 1.807) is 13.3 Å². The molecule has 102 valence electrons. The number of oxazole rings is 1. The fourth-order valence-corrected chi connectivity index (χ4v) is 2.36. The van der Waals surface area contributed by atoms with Crippen molar-refractivity contribution in [1.82, 2.24) is 10.3 Å². The molecule has 1 aromatic heterocycles. The summed E-state index contributed by atoms with van der Waals surface area (Å²) in [7, 11) is 1.70. The largest absolute Gasteiger partial charge is 0.441 e. The molecule has 0 aliphatic rings. The number of nitrogens with zero attached hydrogens (tertiary/aromatic N) is 1. The first kappa shape index (κ1) is 14.5. The molecular weight excluding hydrogens is 355 g/mol. The van der Waals surface area contributed by atoms with Gasteiger partial charge in [0.1, 0.15) is 0 Å². The van der Waals surface area contributed by atoms with Gasteiger partial charge in [0.2, 0.25) is 0 Å². The SMILES string of the molecule is COCCNCCc1ncc(-c2ccccc2I)o1. The normalized spacial score (nSPS) is 10.8. The Morgan fingerprint density at radius 1 is 1.32 bits per heavy atom. The van der Waals surface area contributed by atoms with Crippen molar-refractivity contribution in [2.45, 2.75) is 6.42 Å². The van der Waals surface area contributed by atoms with Crippen molar-refractivity contribution in [3.05, 3.63) is 39.9 Å². The Bertz CT molecular complexity index is 514. The third kappa shape index (κ3) is 4.29. The van der Waals surface area contributed by atoms with E-state index in [2.05, 4.69) is 39.0 Å². The Balaban J connectivity index is 1.91. The Labute approximate surface area is 126 Å². The van der Waals surface area contributed by atoms with E-state index in [1.807, 2.05) is 18.2 Å². The molecule has 0 radical (unpaired) electrons. The van der Waals surface area contributed by atoms with Gasteiger partial charge in [-0.3, -0.25) is 0 Å². The number of hydrogen-bond acceptors (Lipinski definition) is 4. The van der Waals surface area contributed by atoms with Gasteiger partial charge in [0, 0.05) is 35.8 Å². The van der Waals surface area contributed by atoms with Crippen LogP contribution in [0.3, 0.4) is 0 Å². The van der Waals surface area contributed by atoms with E-state index in [0.717, 1.165) is 43.3 Å². The van der Waals surface area contributed by atoms with Crippen LogP contribution in [0.5, 0.6) is 0 Å². The van der Waals surface area contributed by atoms with Crippen molar-refractivity contribution in [1.29, 1.82) is 0 Å². The lowest BCUT2D eigenvalue weighted by Crippen LogP contribution is -2.21. The second-order valence-corrected chi connectivity index (χ2v) is 5.25. The lowest BCUT2D eigenvalue weighted by atomic mass is 10.2. The molecule has 0 aliphatic heterocycles. The van der Waals surface area contributed by atoms with E-state index in [4.69, 9.17) is 9.15 Å². The van der Waals surface area contributed by atoms with E-state index in [0.29, 0.717) is 0 Å². The predicted molar refractivity (Wildman–Crippen MR) is 83.1 cm³/mol. The van der Waals surface area contributed by atoms with Gasteiger partial charge in [0.15, 0.2) is 11.7 Å². The fraction of sp³-hybridized carbons (Fsp3) is 0.357. The number of aromatic nitrogens is 1. The molecule has 2 rings (SSSR count). The van der Waals surface area contributed by atoms with Crippen LogP contribution >= 0.6 is 22.6 Å². The minimum Gasteiger partial charge on any atom is -0.441 e. The maximum Gasteiger partial charge on any atom is 0.196 e. The van der Waals surface area contributed by atoms with Gasteiger partial charge in [0.25, 0.3) is 0 Å². The molecule has 5 heteroatoms. The number of hydrogen-bond donors (Lipinski definition) is 1. The van der Waals surface area contributed by atoms with Gasteiger partial charge in [-0.15, -0.1) is 0 Å². The maximum atomic E-state index is 5.77. The van der Waals surface area contributed by atoms with Gasteiger partial charge in [-0.1, -0.05) is 18.2 Å². The molecule has 19 heavy (non-hydrogen) atoms. The quantitative estimate of drug-likeness (QED) is 0.600. The fourth-order valence-electron chi connectivity index (χ4n) is 1.71. The average Bonchev–Trinajstić information content (AvgIpc) is 2.88. The van der Waals surface area contributed by atoms with Crippen LogP contribution in [0.2, 0.25) is 0 Å². The summed E-state index contributed by atoms with van der Waals surface area (Å²) in [5.41, 5.74) is 1.09. The van der Waals surface area contributed by atoms with Crippen LogP contribution in [0.4, 0.5) is 0 Å². The first-order chi connectivity index (χ1) is 9.31. The van der Waals surface area contributed by atoms with Gasteiger partial charge in [0.05, 0.1) is 12.8 Å². The molecule has 2 aromatic rings. The third-order valence-electron chi connectivity index (χ3n) is 2.69. The summed E-state index contributed by atoms with van der Waals surface area (Å²) in [6.07, 6.45) is 2.58. The highest BCUT2D eigenvalue weighted by molar-refractivity contribution is 14.1. The van der Waals surface area contributed by atoms with Gasteiger partial charge < -0.3 is 14.5 Å². The molecule has 0 amide bonds. The Morgan fingerprint density at radius 3 is 2.95 bits per heavy atom. The van der Waals surface area contributed by atoms with Crippen molar-refractivity contribution < 1.29 is 9.15 Å². The highest BCUT2D eigenvalue weighted by atomic mass is 127. The summed E-state index contributed by atoms with van der Waals surface area (Å²) in [4.78, 5) is 4.31. The molecule has 0 saturated heterocycles. The van der Waals surface area contributed by atoms with Gasteiger partial charge in [-0.25, -0.2) is 4.98 Å². The lowest BCUT2D eigenvalue weighted by molar-refractivity contribution is 0.199. The third-order valence-corrected chi connectivity index (χ3v) is 3.63. The maximum absolute atomic E-state index is 5.77. The van der Waals surface area contributed by atoms with Crippen molar-refractivity contribution in [3.8, 4) is 11.3 Å². The highest BCUT2D eigenvalue weighted by Gasteiger charge is 2.08. The first-order valence-corrected chi connectivity index (χ1v) is 7.28. The Morgan fingerprint density at radius 2 is 2.16 bits per heavy atom. The van der Waals surface area contributed by atoms with Crippen LogP contribution in [0.15, 0.2) is 34.9 Å².